The number of aryl methyl sites for hydroxylation is 1. The second kappa shape index (κ2) is 10.2. The molecule has 1 N–H and O–H groups in total. The summed E-state index contributed by atoms with van der Waals surface area (Å²) in [6.45, 7) is 6.87. The fraction of sp³-hybridized carbons (Fsp3) is 0.304. The second-order valence-corrected chi connectivity index (χ2v) is 9.99. The van der Waals surface area contributed by atoms with Gasteiger partial charge >= 0.3 is 0 Å². The van der Waals surface area contributed by atoms with Crippen molar-refractivity contribution in [3.63, 3.8) is 0 Å². The molecule has 3 rings (SSSR count). The van der Waals surface area contributed by atoms with Gasteiger partial charge in [-0.2, -0.15) is 4.31 Å². The summed E-state index contributed by atoms with van der Waals surface area (Å²) in [6.07, 6.45) is 0.205. The molecule has 0 aliphatic rings. The maximum atomic E-state index is 12.5. The van der Waals surface area contributed by atoms with Gasteiger partial charge in [0.05, 0.1) is 17.0 Å². The summed E-state index contributed by atoms with van der Waals surface area (Å²) in [5.41, 5.74) is 3.81. The number of rotatable bonds is 9. The van der Waals surface area contributed by atoms with E-state index in [2.05, 4.69) is 10.3 Å². The molecule has 2 aromatic carbocycles. The Kier molecular flexibility index (Phi) is 7.59. The van der Waals surface area contributed by atoms with Gasteiger partial charge in [-0.05, 0) is 24.6 Å². The fourth-order valence-electron chi connectivity index (χ4n) is 3.14. The predicted molar refractivity (Wildman–Crippen MR) is 124 cm³/mol. The Morgan fingerprint density at radius 2 is 1.68 bits per heavy atom. The first kappa shape index (κ1) is 23.1. The van der Waals surface area contributed by atoms with E-state index >= 15 is 0 Å². The summed E-state index contributed by atoms with van der Waals surface area (Å²) in [5.74, 6) is -0.124. The van der Waals surface area contributed by atoms with Gasteiger partial charge in [-0.15, -0.1) is 11.3 Å². The van der Waals surface area contributed by atoms with Crippen LogP contribution in [0.5, 0.6) is 0 Å². The molecule has 164 valence electrons. The van der Waals surface area contributed by atoms with Gasteiger partial charge in [0.1, 0.15) is 5.01 Å². The normalized spacial score (nSPS) is 11.6. The van der Waals surface area contributed by atoms with Crippen molar-refractivity contribution in [3.05, 3.63) is 70.7 Å². The van der Waals surface area contributed by atoms with E-state index in [9.17, 15) is 13.2 Å². The monoisotopic (exact) mass is 457 g/mol. The largest absolute Gasteiger partial charge is 0.352 e. The highest BCUT2D eigenvalue weighted by Gasteiger charge is 2.21. The number of carbonyl (C=O) groups excluding carboxylic acids is 1. The molecule has 0 saturated heterocycles. The number of nitrogens with zero attached hydrogens (tertiary/aromatic N) is 2. The van der Waals surface area contributed by atoms with Crippen molar-refractivity contribution in [1.82, 2.24) is 14.6 Å². The molecule has 1 heterocycles. The fourth-order valence-corrected chi connectivity index (χ4v) is 5.42. The molecular weight excluding hydrogens is 430 g/mol. The van der Waals surface area contributed by atoms with Crippen LogP contribution in [0.2, 0.25) is 0 Å². The van der Waals surface area contributed by atoms with Crippen LogP contribution in [0.1, 0.15) is 30.7 Å². The highest BCUT2D eigenvalue weighted by atomic mass is 32.2. The van der Waals surface area contributed by atoms with Crippen molar-refractivity contribution in [2.24, 2.45) is 0 Å². The molecule has 0 bridgehead atoms. The lowest BCUT2D eigenvalue weighted by Crippen LogP contribution is -2.30. The van der Waals surface area contributed by atoms with Gasteiger partial charge < -0.3 is 5.32 Å². The van der Waals surface area contributed by atoms with Crippen molar-refractivity contribution in [2.75, 3.05) is 13.1 Å². The molecule has 0 radical (unpaired) electrons. The van der Waals surface area contributed by atoms with Crippen molar-refractivity contribution >= 4 is 27.3 Å². The number of benzene rings is 2. The second-order valence-electron chi connectivity index (χ2n) is 7.20. The Balaban J connectivity index is 1.56. The summed E-state index contributed by atoms with van der Waals surface area (Å²) >= 11 is 1.52. The van der Waals surface area contributed by atoms with Crippen molar-refractivity contribution in [3.8, 4) is 10.6 Å². The molecule has 3 aromatic rings. The van der Waals surface area contributed by atoms with Crippen LogP contribution in [0.15, 0.2) is 58.8 Å². The van der Waals surface area contributed by atoms with Gasteiger partial charge in [-0.3, -0.25) is 4.79 Å². The van der Waals surface area contributed by atoms with Crippen LogP contribution in [0.4, 0.5) is 0 Å². The molecular formula is C23H27N3O3S2. The van der Waals surface area contributed by atoms with Crippen LogP contribution >= 0.6 is 11.3 Å². The Morgan fingerprint density at radius 1 is 1.03 bits per heavy atom. The van der Waals surface area contributed by atoms with Gasteiger partial charge in [-0.25, -0.2) is 13.4 Å². The van der Waals surface area contributed by atoms with Gasteiger partial charge in [0, 0.05) is 30.6 Å². The lowest BCUT2D eigenvalue weighted by molar-refractivity contribution is -0.120. The quantitative estimate of drug-likeness (QED) is 0.527. The molecule has 0 spiro atoms. The highest BCUT2D eigenvalue weighted by Crippen LogP contribution is 2.24. The molecule has 31 heavy (non-hydrogen) atoms. The van der Waals surface area contributed by atoms with E-state index in [1.165, 1.54) is 21.2 Å². The lowest BCUT2D eigenvalue weighted by Gasteiger charge is -2.18. The van der Waals surface area contributed by atoms with Crippen molar-refractivity contribution < 1.29 is 13.2 Å². The van der Waals surface area contributed by atoms with Crippen LogP contribution in [0.3, 0.4) is 0 Å². The van der Waals surface area contributed by atoms with Crippen molar-refractivity contribution in [2.45, 2.75) is 38.6 Å². The van der Waals surface area contributed by atoms with Gasteiger partial charge in [0.15, 0.2) is 0 Å². The van der Waals surface area contributed by atoms with Gasteiger partial charge in [0.25, 0.3) is 0 Å². The molecule has 0 fully saturated rings. The van der Waals surface area contributed by atoms with Crippen LogP contribution in [0.25, 0.3) is 10.6 Å². The molecule has 6 nitrogen and oxygen atoms in total. The topological polar surface area (TPSA) is 79.4 Å². The molecule has 0 unspecified atom stereocenters. The van der Waals surface area contributed by atoms with Gasteiger partial charge in [0.2, 0.25) is 15.9 Å². The maximum Gasteiger partial charge on any atom is 0.243 e. The Morgan fingerprint density at radius 3 is 2.29 bits per heavy atom. The van der Waals surface area contributed by atoms with Gasteiger partial charge in [-0.1, -0.05) is 55.8 Å². The Labute approximate surface area is 188 Å². The number of nitrogens with one attached hydrogen (secondary N) is 1. The van der Waals surface area contributed by atoms with E-state index in [1.54, 1.807) is 24.3 Å². The third kappa shape index (κ3) is 5.78. The third-order valence-corrected chi connectivity index (χ3v) is 7.95. The van der Waals surface area contributed by atoms with Crippen LogP contribution in [-0.2, 0) is 27.8 Å². The smallest absolute Gasteiger partial charge is 0.243 e. The molecule has 0 atom stereocenters. The SMILES string of the molecule is CCN(CC)S(=O)(=O)c1ccc(CNC(=O)Cc2csc(-c3ccc(C)cc3)n2)cc1. The Bertz CT molecular complexity index is 1120. The summed E-state index contributed by atoms with van der Waals surface area (Å²) in [4.78, 5) is 17.1. The zero-order valence-corrected chi connectivity index (χ0v) is 19.6. The molecule has 8 heteroatoms. The number of hydrogen-bond acceptors (Lipinski definition) is 5. The minimum atomic E-state index is -3.47. The van der Waals surface area contributed by atoms with E-state index in [4.69, 9.17) is 0 Å². The van der Waals surface area contributed by atoms with E-state index in [1.807, 2.05) is 50.4 Å². The van der Waals surface area contributed by atoms with E-state index < -0.39 is 10.0 Å². The number of amides is 1. The zero-order chi connectivity index (χ0) is 22.4. The number of aromatic nitrogens is 1. The van der Waals surface area contributed by atoms with E-state index in [-0.39, 0.29) is 17.2 Å². The number of hydrogen-bond donors (Lipinski definition) is 1. The number of carbonyl (C=O) groups is 1. The van der Waals surface area contributed by atoms with E-state index in [0.29, 0.717) is 19.6 Å². The first-order valence-corrected chi connectivity index (χ1v) is 12.5. The lowest BCUT2D eigenvalue weighted by atomic mass is 10.2. The summed E-state index contributed by atoms with van der Waals surface area (Å²) in [7, 11) is -3.47. The standard InChI is InChI=1S/C23H27N3O3S2/c1-4-26(5-2)31(28,29)21-12-8-18(9-13-21)15-24-22(27)14-20-16-30-23(25-20)19-10-6-17(3)7-11-19/h6-13,16H,4-5,14-15H2,1-3H3,(H,24,27). The Hall–Kier alpha value is -2.55. The maximum absolute atomic E-state index is 12.5. The van der Waals surface area contributed by atoms with Crippen LogP contribution in [0, 0.1) is 6.92 Å². The molecule has 0 aliphatic heterocycles. The van der Waals surface area contributed by atoms with Crippen molar-refractivity contribution in [1.29, 1.82) is 0 Å². The third-order valence-electron chi connectivity index (χ3n) is 4.95. The average Bonchev–Trinajstić information content (AvgIpc) is 3.22. The van der Waals surface area contributed by atoms with E-state index in [0.717, 1.165) is 21.8 Å². The minimum Gasteiger partial charge on any atom is -0.352 e. The van der Waals surface area contributed by atoms with Crippen LogP contribution in [-0.4, -0.2) is 36.7 Å². The molecule has 0 saturated carbocycles. The first-order valence-electron chi connectivity index (χ1n) is 10.2. The van der Waals surface area contributed by atoms with Crippen LogP contribution < -0.4 is 5.32 Å². The number of sulfonamides is 1. The summed E-state index contributed by atoms with van der Waals surface area (Å²) in [6, 6.07) is 14.8. The summed E-state index contributed by atoms with van der Waals surface area (Å²) < 4.78 is 26.5. The zero-order valence-electron chi connectivity index (χ0n) is 18.0. The number of thiazole rings is 1. The average molecular weight is 458 g/mol. The summed E-state index contributed by atoms with van der Waals surface area (Å²) in [5, 5.41) is 5.67. The molecule has 1 aromatic heterocycles. The highest BCUT2D eigenvalue weighted by molar-refractivity contribution is 7.89. The molecule has 0 aliphatic carbocycles. The first-order chi connectivity index (χ1) is 14.8. The minimum absolute atomic E-state index is 0.124. The predicted octanol–water partition coefficient (Wildman–Crippen LogP) is 4.01. The molecule has 1 amide bonds.